The van der Waals surface area contributed by atoms with E-state index >= 15 is 0 Å². The van der Waals surface area contributed by atoms with Gasteiger partial charge in [-0.3, -0.25) is 4.79 Å². The van der Waals surface area contributed by atoms with Crippen LogP contribution in [0.15, 0.2) is 54.7 Å². The Balaban J connectivity index is 1.73. The van der Waals surface area contributed by atoms with Gasteiger partial charge in [0.25, 0.3) is 0 Å². The molecular formula is C26H30FN3O5. The average molecular weight is 484 g/mol. The number of hydrogen-bond acceptors (Lipinski definition) is 5. The van der Waals surface area contributed by atoms with E-state index in [2.05, 4.69) is 15.6 Å². The SMILES string of the molecule is COC(=O)C(Cc1c[nH]c2ccc(F)cc12)NC(=O)[C@@H](NC(=O)OCc1ccccc1)C(C)(C)C. The molecule has 186 valence electrons. The monoisotopic (exact) mass is 483 g/mol. The number of fused-ring (bicyclic) bond motifs is 1. The fourth-order valence-electron chi connectivity index (χ4n) is 3.69. The molecule has 0 saturated carbocycles. The van der Waals surface area contributed by atoms with Crippen LogP contribution in [0.3, 0.4) is 0 Å². The molecule has 3 rings (SSSR count). The molecule has 2 aromatic carbocycles. The van der Waals surface area contributed by atoms with E-state index in [4.69, 9.17) is 9.47 Å². The van der Waals surface area contributed by atoms with E-state index in [1.165, 1.54) is 19.2 Å². The molecule has 0 radical (unpaired) electrons. The third-order valence-corrected chi connectivity index (χ3v) is 5.56. The van der Waals surface area contributed by atoms with Gasteiger partial charge in [-0.15, -0.1) is 0 Å². The van der Waals surface area contributed by atoms with Gasteiger partial charge in [0.05, 0.1) is 7.11 Å². The van der Waals surface area contributed by atoms with Crippen molar-refractivity contribution < 1.29 is 28.2 Å². The number of methoxy groups -OCH3 is 1. The minimum Gasteiger partial charge on any atom is -0.467 e. The second kappa shape index (κ2) is 11.0. The Hall–Kier alpha value is -3.88. The Bertz CT molecular complexity index is 1190. The summed E-state index contributed by atoms with van der Waals surface area (Å²) in [5, 5.41) is 5.88. The summed E-state index contributed by atoms with van der Waals surface area (Å²) in [6.07, 6.45) is 0.967. The number of aromatic amines is 1. The molecule has 0 saturated heterocycles. The number of ether oxygens (including phenoxy) is 2. The number of aromatic nitrogens is 1. The summed E-state index contributed by atoms with van der Waals surface area (Å²) in [5.74, 6) is -1.65. The van der Waals surface area contributed by atoms with E-state index in [0.717, 1.165) is 5.56 Å². The number of halogens is 1. The van der Waals surface area contributed by atoms with E-state index in [1.807, 2.05) is 30.3 Å². The van der Waals surface area contributed by atoms with Crippen molar-refractivity contribution >= 4 is 28.9 Å². The summed E-state index contributed by atoms with van der Waals surface area (Å²) in [5.41, 5.74) is 1.45. The number of hydrogen-bond donors (Lipinski definition) is 3. The van der Waals surface area contributed by atoms with E-state index in [1.54, 1.807) is 33.0 Å². The first-order valence-electron chi connectivity index (χ1n) is 11.2. The number of carbonyl (C=O) groups is 3. The van der Waals surface area contributed by atoms with Gasteiger partial charge >= 0.3 is 12.1 Å². The molecule has 8 nitrogen and oxygen atoms in total. The predicted octanol–water partition coefficient (Wildman–Crippen LogP) is 3.85. The van der Waals surface area contributed by atoms with Crippen molar-refractivity contribution in [3.63, 3.8) is 0 Å². The van der Waals surface area contributed by atoms with Gasteiger partial charge in [-0.05, 0) is 34.7 Å². The number of esters is 1. The molecule has 0 fully saturated rings. The van der Waals surface area contributed by atoms with Crippen molar-refractivity contribution in [2.45, 2.75) is 45.9 Å². The van der Waals surface area contributed by atoms with Crippen molar-refractivity contribution in [2.24, 2.45) is 5.41 Å². The maximum absolute atomic E-state index is 13.8. The summed E-state index contributed by atoms with van der Waals surface area (Å²) in [6, 6.07) is 11.4. The quantitative estimate of drug-likeness (QED) is 0.422. The summed E-state index contributed by atoms with van der Waals surface area (Å²) >= 11 is 0. The Morgan fingerprint density at radius 3 is 2.43 bits per heavy atom. The molecule has 0 aliphatic carbocycles. The molecule has 0 spiro atoms. The van der Waals surface area contributed by atoms with Crippen LogP contribution in [0.5, 0.6) is 0 Å². The van der Waals surface area contributed by atoms with Gasteiger partial charge in [0, 0.05) is 23.5 Å². The molecule has 3 aromatic rings. The van der Waals surface area contributed by atoms with E-state index in [9.17, 15) is 18.8 Å². The zero-order valence-electron chi connectivity index (χ0n) is 20.2. The Morgan fingerprint density at radius 1 is 1.06 bits per heavy atom. The molecule has 1 heterocycles. The minimum absolute atomic E-state index is 0.0487. The number of amides is 2. The molecule has 0 aliphatic rings. The van der Waals surface area contributed by atoms with Crippen LogP contribution in [0.25, 0.3) is 10.9 Å². The standard InChI is InChI=1S/C26H30FN3O5/c1-26(2,3)22(30-25(33)35-15-16-8-6-5-7-9-16)23(31)29-21(24(32)34-4)12-17-14-28-20-11-10-18(27)13-19(17)20/h5-11,13-14,21-22,28H,12,15H2,1-4H3,(H,29,31)(H,30,33)/t21?,22-/m1/s1. The second-order valence-electron chi connectivity index (χ2n) is 9.30. The number of nitrogens with one attached hydrogen (secondary N) is 3. The van der Waals surface area contributed by atoms with Crippen LogP contribution in [-0.4, -0.2) is 42.1 Å². The highest BCUT2D eigenvalue weighted by Crippen LogP contribution is 2.23. The zero-order valence-corrected chi connectivity index (χ0v) is 20.2. The van der Waals surface area contributed by atoms with Crippen molar-refractivity contribution in [1.29, 1.82) is 0 Å². The van der Waals surface area contributed by atoms with Gasteiger partial charge in [-0.25, -0.2) is 14.0 Å². The van der Waals surface area contributed by atoms with Crippen LogP contribution in [-0.2, 0) is 32.1 Å². The van der Waals surface area contributed by atoms with Gasteiger partial charge in [-0.1, -0.05) is 51.1 Å². The largest absolute Gasteiger partial charge is 0.467 e. The lowest BCUT2D eigenvalue weighted by atomic mass is 9.86. The number of carbonyl (C=O) groups excluding carboxylic acids is 3. The molecule has 3 N–H and O–H groups in total. The highest BCUT2D eigenvalue weighted by molar-refractivity contribution is 5.91. The van der Waals surface area contributed by atoms with Gasteiger partial charge in [-0.2, -0.15) is 0 Å². The van der Waals surface area contributed by atoms with Gasteiger partial charge < -0.3 is 25.1 Å². The molecular weight excluding hydrogens is 453 g/mol. The molecule has 2 amide bonds. The van der Waals surface area contributed by atoms with Crippen LogP contribution in [0.2, 0.25) is 0 Å². The van der Waals surface area contributed by atoms with Gasteiger partial charge in [0.15, 0.2) is 0 Å². The average Bonchev–Trinajstić information content (AvgIpc) is 3.21. The summed E-state index contributed by atoms with van der Waals surface area (Å²) in [4.78, 5) is 41.2. The highest BCUT2D eigenvalue weighted by atomic mass is 19.1. The number of rotatable bonds is 8. The van der Waals surface area contributed by atoms with Crippen LogP contribution in [0.4, 0.5) is 9.18 Å². The summed E-state index contributed by atoms with van der Waals surface area (Å²) in [7, 11) is 1.22. The molecule has 1 unspecified atom stereocenters. The predicted molar refractivity (Wildman–Crippen MR) is 129 cm³/mol. The fourth-order valence-corrected chi connectivity index (χ4v) is 3.69. The minimum atomic E-state index is -1.05. The van der Waals surface area contributed by atoms with Crippen molar-refractivity contribution in [3.8, 4) is 0 Å². The zero-order chi connectivity index (χ0) is 25.6. The van der Waals surface area contributed by atoms with Gasteiger partial charge in [0.2, 0.25) is 5.91 Å². The first-order chi connectivity index (χ1) is 16.6. The lowest BCUT2D eigenvalue weighted by Gasteiger charge is -2.31. The van der Waals surface area contributed by atoms with Gasteiger partial charge in [0.1, 0.15) is 24.5 Å². The Morgan fingerprint density at radius 2 is 1.77 bits per heavy atom. The molecule has 1 aromatic heterocycles. The topological polar surface area (TPSA) is 110 Å². The van der Waals surface area contributed by atoms with E-state index < -0.39 is 41.3 Å². The first-order valence-corrected chi connectivity index (χ1v) is 11.2. The van der Waals surface area contributed by atoms with Crippen LogP contribution < -0.4 is 10.6 Å². The van der Waals surface area contributed by atoms with Crippen molar-refractivity contribution in [1.82, 2.24) is 15.6 Å². The third-order valence-electron chi connectivity index (χ3n) is 5.56. The normalized spacial score (nSPS) is 13.1. The van der Waals surface area contributed by atoms with E-state index in [-0.39, 0.29) is 13.0 Å². The lowest BCUT2D eigenvalue weighted by molar-refractivity contribution is -0.145. The summed E-state index contributed by atoms with van der Waals surface area (Å²) < 4.78 is 23.9. The number of alkyl carbamates (subject to hydrolysis) is 1. The Kier molecular flexibility index (Phi) is 8.11. The molecule has 9 heteroatoms. The highest BCUT2D eigenvalue weighted by Gasteiger charge is 2.36. The second-order valence-corrected chi connectivity index (χ2v) is 9.30. The fraction of sp³-hybridized carbons (Fsp3) is 0.346. The Labute approximate surface area is 203 Å². The number of benzene rings is 2. The van der Waals surface area contributed by atoms with Crippen molar-refractivity contribution in [2.75, 3.05) is 7.11 Å². The smallest absolute Gasteiger partial charge is 0.408 e. The molecule has 35 heavy (non-hydrogen) atoms. The summed E-state index contributed by atoms with van der Waals surface area (Å²) in [6.45, 7) is 5.39. The van der Waals surface area contributed by atoms with Crippen LogP contribution in [0.1, 0.15) is 31.9 Å². The molecule has 0 aliphatic heterocycles. The first kappa shape index (κ1) is 25.7. The molecule has 2 atom stereocenters. The lowest BCUT2D eigenvalue weighted by Crippen LogP contribution is -2.57. The third kappa shape index (κ3) is 6.81. The maximum atomic E-state index is 13.8. The van der Waals surface area contributed by atoms with Crippen LogP contribution in [0, 0.1) is 11.2 Å². The van der Waals surface area contributed by atoms with E-state index in [0.29, 0.717) is 16.5 Å². The maximum Gasteiger partial charge on any atom is 0.408 e. The van der Waals surface area contributed by atoms with Crippen molar-refractivity contribution in [3.05, 3.63) is 71.7 Å². The number of H-pyrrole nitrogens is 1. The molecule has 0 bridgehead atoms. The van der Waals surface area contributed by atoms with Crippen LogP contribution >= 0.6 is 0 Å².